The summed E-state index contributed by atoms with van der Waals surface area (Å²) < 4.78 is 0. The summed E-state index contributed by atoms with van der Waals surface area (Å²) in [6.45, 7) is 2.54. The Kier molecular flexibility index (Phi) is 3.52. The molecule has 0 aromatic heterocycles. The second-order valence-corrected chi connectivity index (χ2v) is 5.66. The number of halogens is 1. The molecule has 4 heteroatoms. The summed E-state index contributed by atoms with van der Waals surface area (Å²) in [5, 5.41) is 3.33. The molecule has 106 valence electrons. The number of fused-ring (bicyclic) bond motifs is 1. The molecule has 1 aliphatic heterocycles. The van der Waals surface area contributed by atoms with E-state index in [2.05, 4.69) is 5.32 Å². The molecule has 0 radical (unpaired) electrons. The van der Waals surface area contributed by atoms with E-state index in [-0.39, 0.29) is 11.7 Å². The second kappa shape index (κ2) is 5.34. The van der Waals surface area contributed by atoms with Crippen molar-refractivity contribution in [3.63, 3.8) is 0 Å². The van der Waals surface area contributed by atoms with Crippen LogP contribution in [0.5, 0.6) is 0 Å². The summed E-state index contributed by atoms with van der Waals surface area (Å²) in [7, 11) is 0. The lowest BCUT2D eigenvalue weighted by Gasteiger charge is -2.17. The number of nitrogens with one attached hydrogen (secondary N) is 1. The van der Waals surface area contributed by atoms with Crippen molar-refractivity contribution in [2.45, 2.75) is 13.3 Å². The molecule has 1 aliphatic rings. The molecule has 2 aromatic carbocycles. The van der Waals surface area contributed by atoms with Gasteiger partial charge < -0.3 is 5.32 Å². The maximum Gasteiger partial charge on any atom is 0.251 e. The molecule has 2 aromatic rings. The van der Waals surface area contributed by atoms with Crippen LogP contribution >= 0.6 is 11.6 Å². The normalized spacial score (nSPS) is 13.5. The maximum absolute atomic E-state index is 12.6. The standard InChI is InChI=1S/C17H14ClNO2/c1-10-6-13(8-14(18)7-10)16(20)12-3-2-11-4-5-19-17(21)15(11)9-12/h2-3,6-9H,4-5H2,1H3,(H,19,21). The number of ketones is 1. The maximum atomic E-state index is 12.6. The van der Waals surface area contributed by atoms with Crippen LogP contribution in [-0.2, 0) is 6.42 Å². The highest BCUT2D eigenvalue weighted by Crippen LogP contribution is 2.21. The fourth-order valence-electron chi connectivity index (χ4n) is 2.59. The zero-order chi connectivity index (χ0) is 15.0. The van der Waals surface area contributed by atoms with Crippen molar-refractivity contribution in [3.8, 4) is 0 Å². The molecule has 0 fully saturated rings. The first-order valence-corrected chi connectivity index (χ1v) is 7.15. The van der Waals surface area contributed by atoms with Crippen LogP contribution in [0, 0.1) is 6.92 Å². The quantitative estimate of drug-likeness (QED) is 0.866. The molecule has 0 saturated carbocycles. The predicted octanol–water partition coefficient (Wildman–Crippen LogP) is 3.17. The lowest BCUT2D eigenvalue weighted by molar-refractivity contribution is 0.0946. The Labute approximate surface area is 127 Å². The highest BCUT2D eigenvalue weighted by atomic mass is 35.5. The molecule has 1 amide bonds. The number of rotatable bonds is 2. The summed E-state index contributed by atoms with van der Waals surface area (Å²) >= 11 is 6.00. The SMILES string of the molecule is Cc1cc(Cl)cc(C(=O)c2ccc3c(c2)C(=O)NCC3)c1. The van der Waals surface area contributed by atoms with Crippen molar-refractivity contribution in [2.75, 3.05) is 6.54 Å². The Balaban J connectivity index is 2.02. The first-order valence-electron chi connectivity index (χ1n) is 6.77. The van der Waals surface area contributed by atoms with Crippen molar-refractivity contribution < 1.29 is 9.59 Å². The number of amides is 1. The van der Waals surface area contributed by atoms with E-state index in [1.54, 1.807) is 30.3 Å². The topological polar surface area (TPSA) is 46.2 Å². The molecule has 0 aliphatic carbocycles. The minimum Gasteiger partial charge on any atom is -0.352 e. The van der Waals surface area contributed by atoms with Gasteiger partial charge in [0.05, 0.1) is 0 Å². The molecule has 0 unspecified atom stereocenters. The fraction of sp³-hybridized carbons (Fsp3) is 0.176. The van der Waals surface area contributed by atoms with Gasteiger partial charge >= 0.3 is 0 Å². The molecule has 0 saturated heterocycles. The van der Waals surface area contributed by atoms with E-state index in [9.17, 15) is 9.59 Å². The van der Waals surface area contributed by atoms with Gasteiger partial charge in [0, 0.05) is 28.3 Å². The fourth-order valence-corrected chi connectivity index (χ4v) is 2.88. The molecule has 3 rings (SSSR count). The summed E-state index contributed by atoms with van der Waals surface area (Å²) in [5.74, 6) is -0.241. The van der Waals surface area contributed by atoms with Gasteiger partial charge in [-0.25, -0.2) is 0 Å². The molecule has 1 N–H and O–H groups in total. The summed E-state index contributed by atoms with van der Waals surface area (Å²) in [5.41, 5.74) is 3.55. The first kappa shape index (κ1) is 13.8. The van der Waals surface area contributed by atoms with Crippen LogP contribution in [0.1, 0.15) is 37.4 Å². The lowest BCUT2D eigenvalue weighted by atomic mass is 9.94. The minimum atomic E-state index is -0.123. The monoisotopic (exact) mass is 299 g/mol. The zero-order valence-electron chi connectivity index (χ0n) is 11.6. The van der Waals surface area contributed by atoms with Crippen molar-refractivity contribution in [1.82, 2.24) is 5.32 Å². The second-order valence-electron chi connectivity index (χ2n) is 5.22. The van der Waals surface area contributed by atoms with Crippen LogP contribution in [-0.4, -0.2) is 18.2 Å². The summed E-state index contributed by atoms with van der Waals surface area (Å²) in [4.78, 5) is 24.4. The Hall–Kier alpha value is -2.13. The molecule has 0 atom stereocenters. The van der Waals surface area contributed by atoms with Gasteiger partial charge in [0.25, 0.3) is 5.91 Å². The third-order valence-corrected chi connectivity index (χ3v) is 3.82. The minimum absolute atomic E-state index is 0.117. The summed E-state index contributed by atoms with van der Waals surface area (Å²) in [6.07, 6.45) is 0.797. The Bertz CT molecular complexity index is 732. The van der Waals surface area contributed by atoms with E-state index in [0.717, 1.165) is 17.5 Å². The van der Waals surface area contributed by atoms with Crippen LogP contribution in [0.3, 0.4) is 0 Å². The number of aryl methyl sites for hydroxylation is 1. The highest BCUT2D eigenvalue weighted by molar-refractivity contribution is 6.31. The van der Waals surface area contributed by atoms with Gasteiger partial charge in [0.15, 0.2) is 5.78 Å². The van der Waals surface area contributed by atoms with Crippen LogP contribution in [0.4, 0.5) is 0 Å². The molecule has 21 heavy (non-hydrogen) atoms. The average molecular weight is 300 g/mol. The van der Waals surface area contributed by atoms with Crippen molar-refractivity contribution in [2.24, 2.45) is 0 Å². The third kappa shape index (κ3) is 2.69. The lowest BCUT2D eigenvalue weighted by Crippen LogP contribution is -2.32. The van der Waals surface area contributed by atoms with Crippen LogP contribution in [0.25, 0.3) is 0 Å². The van der Waals surface area contributed by atoms with Gasteiger partial charge in [-0.05, 0) is 48.7 Å². The molecule has 3 nitrogen and oxygen atoms in total. The molecule has 1 heterocycles. The molecular formula is C17H14ClNO2. The number of benzene rings is 2. The largest absolute Gasteiger partial charge is 0.352 e. The van der Waals surface area contributed by atoms with E-state index in [1.165, 1.54) is 0 Å². The predicted molar refractivity (Wildman–Crippen MR) is 82.1 cm³/mol. The smallest absolute Gasteiger partial charge is 0.251 e. The zero-order valence-corrected chi connectivity index (χ0v) is 12.3. The van der Waals surface area contributed by atoms with Gasteiger partial charge in [-0.15, -0.1) is 0 Å². The average Bonchev–Trinajstić information content (AvgIpc) is 2.45. The van der Waals surface area contributed by atoms with E-state index in [4.69, 9.17) is 11.6 Å². The van der Waals surface area contributed by atoms with Crippen molar-refractivity contribution in [1.29, 1.82) is 0 Å². The van der Waals surface area contributed by atoms with Crippen LogP contribution in [0.2, 0.25) is 5.02 Å². The number of hydrogen-bond acceptors (Lipinski definition) is 2. The Morgan fingerprint density at radius 1 is 1.14 bits per heavy atom. The van der Waals surface area contributed by atoms with Crippen LogP contribution < -0.4 is 5.32 Å². The number of hydrogen-bond donors (Lipinski definition) is 1. The van der Waals surface area contributed by atoms with Gasteiger partial charge in [-0.1, -0.05) is 23.7 Å². The number of carbonyl (C=O) groups is 2. The van der Waals surface area contributed by atoms with E-state index in [1.807, 2.05) is 13.0 Å². The van der Waals surface area contributed by atoms with E-state index < -0.39 is 0 Å². The summed E-state index contributed by atoms with van der Waals surface area (Å²) in [6, 6.07) is 10.6. The molecular weight excluding hydrogens is 286 g/mol. The number of carbonyl (C=O) groups excluding carboxylic acids is 2. The van der Waals surface area contributed by atoms with E-state index >= 15 is 0 Å². The Morgan fingerprint density at radius 3 is 2.71 bits per heavy atom. The van der Waals surface area contributed by atoms with Gasteiger partial charge in [-0.2, -0.15) is 0 Å². The van der Waals surface area contributed by atoms with Gasteiger partial charge in [0.2, 0.25) is 0 Å². The van der Waals surface area contributed by atoms with Crippen molar-refractivity contribution >= 4 is 23.3 Å². The molecule has 0 spiro atoms. The van der Waals surface area contributed by atoms with Crippen molar-refractivity contribution in [3.05, 3.63) is 69.2 Å². The van der Waals surface area contributed by atoms with Gasteiger partial charge in [-0.3, -0.25) is 9.59 Å². The van der Waals surface area contributed by atoms with Crippen LogP contribution in [0.15, 0.2) is 36.4 Å². The molecule has 0 bridgehead atoms. The Morgan fingerprint density at radius 2 is 1.95 bits per heavy atom. The van der Waals surface area contributed by atoms with Gasteiger partial charge in [0.1, 0.15) is 0 Å². The highest BCUT2D eigenvalue weighted by Gasteiger charge is 2.19. The van der Waals surface area contributed by atoms with E-state index in [0.29, 0.717) is 28.3 Å². The first-order chi connectivity index (χ1) is 10.0. The third-order valence-electron chi connectivity index (χ3n) is 3.60.